The van der Waals surface area contributed by atoms with Crippen LogP contribution in [-0.2, 0) is 4.79 Å². The van der Waals surface area contributed by atoms with Gasteiger partial charge >= 0.3 is 0 Å². The number of benzene rings is 2. The molecule has 3 nitrogen and oxygen atoms in total. The molecule has 0 aliphatic carbocycles. The average Bonchev–Trinajstić information content (AvgIpc) is 2.48. The van der Waals surface area contributed by atoms with E-state index in [-0.39, 0.29) is 30.1 Å². The lowest BCUT2D eigenvalue weighted by Crippen LogP contribution is -2.30. The first-order valence-electron chi connectivity index (χ1n) is 6.59. The van der Waals surface area contributed by atoms with E-state index in [4.69, 9.17) is 0 Å². The highest BCUT2D eigenvalue weighted by Gasteiger charge is 2.11. The molecule has 21 heavy (non-hydrogen) atoms. The summed E-state index contributed by atoms with van der Waals surface area (Å²) in [5.74, 6) is -0.944. The van der Waals surface area contributed by atoms with Gasteiger partial charge in [0.15, 0.2) is 0 Å². The molecule has 0 saturated heterocycles. The molecule has 0 aliphatic rings. The summed E-state index contributed by atoms with van der Waals surface area (Å²) in [5, 5.41) is 5.57. The second kappa shape index (κ2) is 6.95. The van der Waals surface area contributed by atoms with Crippen LogP contribution < -0.4 is 10.6 Å². The molecule has 2 aromatic carbocycles. The van der Waals surface area contributed by atoms with Crippen molar-refractivity contribution in [1.29, 1.82) is 0 Å². The van der Waals surface area contributed by atoms with Crippen molar-refractivity contribution in [3.63, 3.8) is 0 Å². The van der Waals surface area contributed by atoms with Crippen LogP contribution in [0.4, 0.5) is 14.5 Å². The minimum Gasteiger partial charge on any atom is -0.325 e. The van der Waals surface area contributed by atoms with E-state index in [1.54, 1.807) is 25.1 Å². The molecule has 0 spiro atoms. The second-order valence-electron chi connectivity index (χ2n) is 4.68. The van der Waals surface area contributed by atoms with E-state index in [0.717, 1.165) is 0 Å². The Balaban J connectivity index is 1.86. The number of anilines is 1. The molecule has 0 heterocycles. The fraction of sp³-hybridized carbons (Fsp3) is 0.188. The second-order valence-corrected chi connectivity index (χ2v) is 4.68. The van der Waals surface area contributed by atoms with Crippen molar-refractivity contribution >= 4 is 11.6 Å². The van der Waals surface area contributed by atoms with E-state index in [1.807, 2.05) is 0 Å². The Kier molecular flexibility index (Phi) is 5.00. The van der Waals surface area contributed by atoms with Gasteiger partial charge in [0.25, 0.3) is 0 Å². The normalized spacial score (nSPS) is 12.0. The number of carbonyl (C=O) groups is 1. The molecule has 110 valence electrons. The molecule has 5 heteroatoms. The van der Waals surface area contributed by atoms with Gasteiger partial charge in [-0.1, -0.05) is 18.2 Å². The van der Waals surface area contributed by atoms with E-state index in [2.05, 4.69) is 10.6 Å². The summed E-state index contributed by atoms with van der Waals surface area (Å²) in [5.41, 5.74) is 1.02. The third-order valence-corrected chi connectivity index (χ3v) is 3.07. The van der Waals surface area contributed by atoms with Crippen LogP contribution in [0.1, 0.15) is 18.5 Å². The largest absolute Gasteiger partial charge is 0.325 e. The van der Waals surface area contributed by atoms with Gasteiger partial charge in [-0.3, -0.25) is 4.79 Å². The van der Waals surface area contributed by atoms with Crippen molar-refractivity contribution in [2.45, 2.75) is 13.0 Å². The van der Waals surface area contributed by atoms with Crippen molar-refractivity contribution in [2.75, 3.05) is 11.9 Å². The smallest absolute Gasteiger partial charge is 0.238 e. The van der Waals surface area contributed by atoms with Crippen LogP contribution in [-0.4, -0.2) is 12.5 Å². The molecule has 0 aliphatic heterocycles. The monoisotopic (exact) mass is 290 g/mol. The van der Waals surface area contributed by atoms with Crippen molar-refractivity contribution in [1.82, 2.24) is 5.32 Å². The van der Waals surface area contributed by atoms with Gasteiger partial charge in [0, 0.05) is 17.3 Å². The van der Waals surface area contributed by atoms with Crippen molar-refractivity contribution in [3.05, 3.63) is 65.7 Å². The molecule has 1 atom stereocenters. The number of hydrogen-bond acceptors (Lipinski definition) is 2. The summed E-state index contributed by atoms with van der Waals surface area (Å²) in [6.07, 6.45) is 0. The highest BCUT2D eigenvalue weighted by atomic mass is 19.1. The lowest BCUT2D eigenvalue weighted by Gasteiger charge is -2.14. The summed E-state index contributed by atoms with van der Waals surface area (Å²) < 4.78 is 26.3. The van der Waals surface area contributed by atoms with Gasteiger partial charge in [0.2, 0.25) is 5.91 Å². The molecule has 1 unspecified atom stereocenters. The van der Waals surface area contributed by atoms with E-state index < -0.39 is 0 Å². The summed E-state index contributed by atoms with van der Waals surface area (Å²) in [4.78, 5) is 11.8. The van der Waals surface area contributed by atoms with Crippen LogP contribution in [0.5, 0.6) is 0 Å². The summed E-state index contributed by atoms with van der Waals surface area (Å²) in [7, 11) is 0. The number of halogens is 2. The number of nitrogens with one attached hydrogen (secondary N) is 2. The van der Waals surface area contributed by atoms with Crippen LogP contribution >= 0.6 is 0 Å². The van der Waals surface area contributed by atoms with Gasteiger partial charge in [0.1, 0.15) is 11.6 Å². The van der Waals surface area contributed by atoms with Gasteiger partial charge in [-0.15, -0.1) is 0 Å². The fourth-order valence-corrected chi connectivity index (χ4v) is 1.92. The summed E-state index contributed by atoms with van der Waals surface area (Å²) >= 11 is 0. The van der Waals surface area contributed by atoms with E-state index in [0.29, 0.717) is 11.3 Å². The van der Waals surface area contributed by atoms with E-state index in [1.165, 1.54) is 30.3 Å². The highest BCUT2D eigenvalue weighted by Crippen LogP contribution is 2.15. The first-order valence-corrected chi connectivity index (χ1v) is 6.59. The Hall–Kier alpha value is -2.27. The number of hydrogen-bond donors (Lipinski definition) is 2. The van der Waals surface area contributed by atoms with E-state index >= 15 is 0 Å². The lowest BCUT2D eigenvalue weighted by molar-refractivity contribution is -0.115. The predicted octanol–water partition coefficient (Wildman–Crippen LogP) is 3.25. The third kappa shape index (κ3) is 4.36. The maximum atomic E-state index is 13.6. The zero-order valence-electron chi connectivity index (χ0n) is 11.6. The zero-order valence-corrected chi connectivity index (χ0v) is 11.6. The van der Waals surface area contributed by atoms with Gasteiger partial charge in [0.05, 0.1) is 6.54 Å². The molecule has 0 fully saturated rings. The van der Waals surface area contributed by atoms with Crippen LogP contribution in [0.2, 0.25) is 0 Å². The van der Waals surface area contributed by atoms with Crippen LogP contribution in [0.3, 0.4) is 0 Å². The molecule has 0 aromatic heterocycles. The predicted molar refractivity (Wildman–Crippen MR) is 77.8 cm³/mol. The molecular weight excluding hydrogens is 274 g/mol. The average molecular weight is 290 g/mol. The SMILES string of the molecule is CC(NCC(=O)Nc1ccc(F)cc1)c1ccccc1F. The Bertz CT molecular complexity index is 614. The Labute approximate surface area is 122 Å². The quantitative estimate of drug-likeness (QED) is 0.887. The molecule has 2 rings (SSSR count). The zero-order chi connectivity index (χ0) is 15.2. The fourth-order valence-electron chi connectivity index (χ4n) is 1.92. The van der Waals surface area contributed by atoms with Crippen LogP contribution in [0, 0.1) is 11.6 Å². The van der Waals surface area contributed by atoms with Crippen molar-refractivity contribution in [2.24, 2.45) is 0 Å². The topological polar surface area (TPSA) is 41.1 Å². The van der Waals surface area contributed by atoms with Crippen LogP contribution in [0.25, 0.3) is 0 Å². The maximum absolute atomic E-state index is 13.6. The molecule has 2 N–H and O–H groups in total. The minimum atomic E-state index is -0.362. The third-order valence-electron chi connectivity index (χ3n) is 3.07. The molecule has 1 amide bonds. The summed E-state index contributed by atoms with van der Waals surface area (Å²) in [6.45, 7) is 1.82. The van der Waals surface area contributed by atoms with Crippen LogP contribution in [0.15, 0.2) is 48.5 Å². The molecule has 0 radical (unpaired) electrons. The summed E-state index contributed by atoms with van der Waals surface area (Å²) in [6, 6.07) is 11.6. The van der Waals surface area contributed by atoms with Gasteiger partial charge in [-0.2, -0.15) is 0 Å². The Morgan fingerprint density at radius 1 is 1.10 bits per heavy atom. The van der Waals surface area contributed by atoms with Gasteiger partial charge < -0.3 is 10.6 Å². The van der Waals surface area contributed by atoms with Gasteiger partial charge in [-0.05, 0) is 37.3 Å². The minimum absolute atomic E-state index is 0.0346. The number of rotatable bonds is 5. The first-order chi connectivity index (χ1) is 10.1. The van der Waals surface area contributed by atoms with Crippen molar-refractivity contribution < 1.29 is 13.6 Å². The number of carbonyl (C=O) groups excluding carboxylic acids is 1. The first kappa shape index (κ1) is 15.1. The molecular formula is C16H16F2N2O. The Morgan fingerprint density at radius 3 is 2.43 bits per heavy atom. The molecule has 0 bridgehead atoms. The standard InChI is InChI=1S/C16H16F2N2O/c1-11(14-4-2-3-5-15(14)18)19-10-16(21)20-13-8-6-12(17)7-9-13/h2-9,11,19H,10H2,1H3,(H,20,21). The number of amides is 1. The van der Waals surface area contributed by atoms with E-state index in [9.17, 15) is 13.6 Å². The highest BCUT2D eigenvalue weighted by molar-refractivity contribution is 5.92. The van der Waals surface area contributed by atoms with Crippen molar-refractivity contribution in [3.8, 4) is 0 Å². The molecule has 0 saturated carbocycles. The van der Waals surface area contributed by atoms with Gasteiger partial charge in [-0.25, -0.2) is 8.78 Å². The maximum Gasteiger partial charge on any atom is 0.238 e. The molecule has 2 aromatic rings. The lowest BCUT2D eigenvalue weighted by atomic mass is 10.1. The Morgan fingerprint density at radius 2 is 1.76 bits per heavy atom.